The van der Waals surface area contributed by atoms with Gasteiger partial charge in [-0.15, -0.1) is 17.8 Å². The lowest BCUT2D eigenvalue weighted by Gasteiger charge is -2.06. The predicted octanol–water partition coefficient (Wildman–Crippen LogP) is 3.35. The molecule has 0 radical (unpaired) electrons. The maximum absolute atomic E-state index is 13.7. The highest BCUT2D eigenvalue weighted by Gasteiger charge is 2.16. The summed E-state index contributed by atoms with van der Waals surface area (Å²) >= 11 is 1.26. The van der Waals surface area contributed by atoms with Crippen molar-refractivity contribution in [2.75, 3.05) is 11.9 Å². The average Bonchev–Trinajstić information content (AvgIpc) is 3.16. The number of hydrogen-bond acceptors (Lipinski definition) is 5. The second-order valence-electron chi connectivity index (χ2n) is 6.40. The Morgan fingerprint density at radius 1 is 1.27 bits per heavy atom. The number of anilines is 1. The van der Waals surface area contributed by atoms with Gasteiger partial charge in [-0.1, -0.05) is 24.1 Å². The van der Waals surface area contributed by atoms with Crippen molar-refractivity contribution in [1.29, 1.82) is 0 Å². The molecule has 0 saturated heterocycles. The summed E-state index contributed by atoms with van der Waals surface area (Å²) in [5, 5.41) is 3.02. The lowest BCUT2D eigenvalue weighted by molar-refractivity contribution is 0.102. The van der Waals surface area contributed by atoms with Crippen LogP contribution in [0, 0.1) is 25.1 Å². The molecule has 0 bridgehead atoms. The van der Waals surface area contributed by atoms with E-state index in [-0.39, 0.29) is 22.8 Å². The topological polar surface area (TPSA) is 88.2 Å². The van der Waals surface area contributed by atoms with Gasteiger partial charge in [0.15, 0.2) is 5.13 Å². The fraction of sp³-hybridized carbons (Fsp3) is 0.143. The van der Waals surface area contributed by atoms with Crippen LogP contribution >= 0.6 is 11.3 Å². The van der Waals surface area contributed by atoms with Crippen molar-refractivity contribution in [1.82, 2.24) is 9.71 Å². The van der Waals surface area contributed by atoms with Gasteiger partial charge in [0.25, 0.3) is 5.91 Å². The Hall–Kier alpha value is -3.06. The van der Waals surface area contributed by atoms with Crippen LogP contribution in [0.5, 0.6) is 0 Å². The molecule has 9 heteroatoms. The molecule has 30 heavy (non-hydrogen) atoms. The SMILES string of the molecule is C#CCNS(=O)(=O)c1cccc(C(=O)Nc2ncc(Cc3ccc(C)c(F)c3)s2)c1. The van der Waals surface area contributed by atoms with Crippen LogP contribution in [-0.4, -0.2) is 25.9 Å². The number of terminal acetylenes is 1. The molecule has 1 amide bonds. The number of nitrogens with zero attached hydrogens (tertiary/aromatic N) is 1. The van der Waals surface area contributed by atoms with Gasteiger partial charge >= 0.3 is 0 Å². The van der Waals surface area contributed by atoms with Crippen LogP contribution in [0.3, 0.4) is 0 Å². The quantitative estimate of drug-likeness (QED) is 0.548. The van der Waals surface area contributed by atoms with E-state index in [9.17, 15) is 17.6 Å². The van der Waals surface area contributed by atoms with Crippen LogP contribution in [0.15, 0.2) is 53.6 Å². The first-order valence-corrected chi connectivity index (χ1v) is 11.1. The Balaban J connectivity index is 1.70. The number of halogens is 1. The first kappa shape index (κ1) is 21.6. The Bertz CT molecular complexity index is 1230. The average molecular weight is 444 g/mol. The molecule has 0 aliphatic rings. The summed E-state index contributed by atoms with van der Waals surface area (Å²) in [4.78, 5) is 17.5. The monoisotopic (exact) mass is 443 g/mol. The van der Waals surface area contributed by atoms with E-state index in [2.05, 4.69) is 20.9 Å². The number of amides is 1. The largest absolute Gasteiger partial charge is 0.298 e. The van der Waals surface area contributed by atoms with E-state index in [1.807, 2.05) is 6.07 Å². The number of rotatable bonds is 7. The van der Waals surface area contributed by atoms with Crippen molar-refractivity contribution in [2.24, 2.45) is 0 Å². The molecule has 3 rings (SSSR count). The standard InChI is InChI=1S/C21H18FN3O3S2/c1-3-9-24-30(27,28)18-6-4-5-16(12-18)20(26)25-21-23-13-17(29-21)10-15-8-7-14(2)19(22)11-15/h1,4-8,11-13,24H,9-10H2,2H3,(H,23,25,26). The molecule has 2 aromatic carbocycles. The highest BCUT2D eigenvalue weighted by molar-refractivity contribution is 7.89. The summed E-state index contributed by atoms with van der Waals surface area (Å²) < 4.78 is 40.3. The van der Waals surface area contributed by atoms with Crippen LogP contribution in [0.1, 0.15) is 26.4 Å². The van der Waals surface area contributed by atoms with Gasteiger partial charge in [0.05, 0.1) is 11.4 Å². The van der Waals surface area contributed by atoms with Crippen molar-refractivity contribution >= 4 is 32.4 Å². The third-order valence-electron chi connectivity index (χ3n) is 4.16. The highest BCUT2D eigenvalue weighted by atomic mass is 32.2. The molecule has 0 aliphatic heterocycles. The van der Waals surface area contributed by atoms with Crippen molar-refractivity contribution in [2.45, 2.75) is 18.2 Å². The normalized spacial score (nSPS) is 11.1. The second-order valence-corrected chi connectivity index (χ2v) is 9.28. The van der Waals surface area contributed by atoms with Gasteiger partial charge in [0, 0.05) is 23.1 Å². The van der Waals surface area contributed by atoms with E-state index < -0.39 is 15.9 Å². The van der Waals surface area contributed by atoms with Crippen molar-refractivity contribution < 1.29 is 17.6 Å². The number of aryl methyl sites for hydroxylation is 1. The summed E-state index contributed by atoms with van der Waals surface area (Å²) in [6.07, 6.45) is 7.18. The summed E-state index contributed by atoms with van der Waals surface area (Å²) in [6.45, 7) is 1.55. The van der Waals surface area contributed by atoms with E-state index in [0.717, 1.165) is 10.4 Å². The summed E-state index contributed by atoms with van der Waals surface area (Å²) in [5.74, 6) is 1.43. The van der Waals surface area contributed by atoms with Gasteiger partial charge in [0.2, 0.25) is 10.0 Å². The lowest BCUT2D eigenvalue weighted by atomic mass is 10.1. The Morgan fingerprint density at radius 3 is 2.80 bits per heavy atom. The number of nitrogens with one attached hydrogen (secondary N) is 2. The molecule has 3 aromatic rings. The van der Waals surface area contributed by atoms with Crippen molar-refractivity contribution in [3.63, 3.8) is 0 Å². The molecule has 1 heterocycles. The zero-order valence-corrected chi connectivity index (χ0v) is 17.6. The van der Waals surface area contributed by atoms with Crippen LogP contribution in [0.25, 0.3) is 0 Å². The third-order valence-corrected chi connectivity index (χ3v) is 6.47. The molecule has 0 fully saturated rings. The molecular formula is C21H18FN3O3S2. The van der Waals surface area contributed by atoms with E-state index in [1.54, 1.807) is 19.2 Å². The number of carbonyl (C=O) groups excluding carboxylic acids is 1. The molecule has 1 aromatic heterocycles. The molecule has 0 saturated carbocycles. The summed E-state index contributed by atoms with van der Waals surface area (Å²) in [5.41, 5.74) is 1.54. The third kappa shape index (κ3) is 5.30. The molecule has 0 atom stereocenters. The van der Waals surface area contributed by atoms with Crippen molar-refractivity contribution in [3.8, 4) is 12.3 Å². The number of hydrogen-bond donors (Lipinski definition) is 2. The van der Waals surface area contributed by atoms with Gasteiger partial charge in [-0.3, -0.25) is 10.1 Å². The molecule has 0 aliphatic carbocycles. The Kier molecular flexibility index (Phi) is 6.62. The second kappa shape index (κ2) is 9.17. The first-order valence-electron chi connectivity index (χ1n) is 8.83. The number of sulfonamides is 1. The Labute approximate surface area is 178 Å². The minimum atomic E-state index is -3.80. The fourth-order valence-electron chi connectivity index (χ4n) is 2.59. The maximum Gasteiger partial charge on any atom is 0.257 e. The Morgan fingerprint density at radius 2 is 2.07 bits per heavy atom. The van der Waals surface area contributed by atoms with Crippen molar-refractivity contribution in [3.05, 3.63) is 76.0 Å². The minimum Gasteiger partial charge on any atom is -0.298 e. The zero-order chi connectivity index (χ0) is 21.7. The number of benzene rings is 2. The molecule has 6 nitrogen and oxygen atoms in total. The number of thiazole rings is 1. The number of carbonyl (C=O) groups is 1. The maximum atomic E-state index is 13.7. The van der Waals surface area contributed by atoms with Crippen LogP contribution in [-0.2, 0) is 16.4 Å². The summed E-state index contributed by atoms with van der Waals surface area (Å²) in [6, 6.07) is 10.6. The smallest absolute Gasteiger partial charge is 0.257 e. The van der Waals surface area contributed by atoms with Crippen LogP contribution < -0.4 is 10.0 Å². The molecule has 0 spiro atoms. The lowest BCUT2D eigenvalue weighted by Crippen LogP contribution is -2.24. The molecule has 2 N–H and O–H groups in total. The molecular weight excluding hydrogens is 425 g/mol. The molecule has 154 valence electrons. The van der Waals surface area contributed by atoms with Crippen LogP contribution in [0.2, 0.25) is 0 Å². The van der Waals surface area contributed by atoms with Crippen LogP contribution in [0.4, 0.5) is 9.52 Å². The van der Waals surface area contributed by atoms with Gasteiger partial charge in [-0.25, -0.2) is 17.8 Å². The first-order chi connectivity index (χ1) is 14.3. The molecule has 0 unspecified atom stereocenters. The zero-order valence-electron chi connectivity index (χ0n) is 16.0. The van der Waals surface area contributed by atoms with Gasteiger partial charge < -0.3 is 0 Å². The predicted molar refractivity (Wildman–Crippen MR) is 114 cm³/mol. The van der Waals surface area contributed by atoms with E-state index >= 15 is 0 Å². The van der Waals surface area contributed by atoms with Gasteiger partial charge in [-0.05, 0) is 42.3 Å². The fourth-order valence-corrected chi connectivity index (χ4v) is 4.41. The van der Waals surface area contributed by atoms with Gasteiger partial charge in [0.1, 0.15) is 5.82 Å². The highest BCUT2D eigenvalue weighted by Crippen LogP contribution is 2.23. The van der Waals surface area contributed by atoms with E-state index in [1.165, 1.54) is 41.7 Å². The minimum absolute atomic E-state index is 0.0633. The summed E-state index contributed by atoms with van der Waals surface area (Å²) in [7, 11) is -3.80. The number of aromatic nitrogens is 1. The van der Waals surface area contributed by atoms with Gasteiger partial charge in [-0.2, -0.15) is 4.72 Å². The van der Waals surface area contributed by atoms with E-state index in [4.69, 9.17) is 6.42 Å². The van der Waals surface area contributed by atoms with E-state index in [0.29, 0.717) is 17.1 Å².